The fourth-order valence-corrected chi connectivity index (χ4v) is 1.39. The lowest BCUT2D eigenvalue weighted by Gasteiger charge is -2.27. The molecule has 1 heterocycles. The molecule has 0 aliphatic heterocycles. The van der Waals surface area contributed by atoms with E-state index in [1.165, 1.54) is 6.20 Å². The Hall–Kier alpha value is -1.48. The number of aliphatic hydroxyl groups is 3. The van der Waals surface area contributed by atoms with Crippen molar-refractivity contribution in [2.75, 3.05) is 19.8 Å². The maximum Gasteiger partial charge on any atom is 0.249 e. The van der Waals surface area contributed by atoms with Crippen molar-refractivity contribution in [2.24, 2.45) is 5.41 Å². The van der Waals surface area contributed by atoms with Gasteiger partial charge in [0.2, 0.25) is 5.91 Å². The van der Waals surface area contributed by atoms with Gasteiger partial charge in [0.05, 0.1) is 6.61 Å². The zero-order valence-corrected chi connectivity index (χ0v) is 13.6. The van der Waals surface area contributed by atoms with Gasteiger partial charge in [-0.05, 0) is 18.6 Å². The summed E-state index contributed by atoms with van der Waals surface area (Å²) in [6.07, 6.45) is 0.714. The van der Waals surface area contributed by atoms with Crippen molar-refractivity contribution in [1.82, 2.24) is 10.0 Å². The third-order valence-corrected chi connectivity index (χ3v) is 3.16. The van der Waals surface area contributed by atoms with Crippen molar-refractivity contribution < 1.29 is 25.3 Å². The Morgan fingerprint density at radius 2 is 2.05 bits per heavy atom. The van der Waals surface area contributed by atoms with Crippen LogP contribution in [0, 0.1) is 10.1 Å². The van der Waals surface area contributed by atoms with Crippen LogP contribution >= 0.6 is 12.2 Å². The van der Waals surface area contributed by atoms with Crippen molar-refractivity contribution in [3.05, 3.63) is 29.0 Å². The molecule has 1 amide bonds. The van der Waals surface area contributed by atoms with Gasteiger partial charge in [-0.3, -0.25) is 4.79 Å². The van der Waals surface area contributed by atoms with Crippen molar-refractivity contribution >= 4 is 18.1 Å². The fourth-order valence-electron chi connectivity index (χ4n) is 1.25. The highest BCUT2D eigenvalue weighted by Gasteiger charge is 2.32. The van der Waals surface area contributed by atoms with Gasteiger partial charge in [-0.1, -0.05) is 32.1 Å². The molecule has 0 saturated heterocycles. The Morgan fingerprint density at radius 3 is 2.45 bits per heavy atom. The van der Waals surface area contributed by atoms with Crippen LogP contribution in [0.5, 0.6) is 0 Å². The first-order valence-corrected chi connectivity index (χ1v) is 7.21. The highest BCUT2D eigenvalue weighted by molar-refractivity contribution is 7.71. The van der Waals surface area contributed by atoms with E-state index in [9.17, 15) is 9.90 Å². The average Bonchev–Trinajstić information content (AvgIpc) is 2.50. The highest BCUT2D eigenvalue weighted by Crippen LogP contribution is 2.19. The zero-order valence-electron chi connectivity index (χ0n) is 12.8. The molecule has 126 valence electrons. The Labute approximate surface area is 134 Å². The summed E-state index contributed by atoms with van der Waals surface area (Å²) in [4.78, 5) is 11.3. The van der Waals surface area contributed by atoms with E-state index < -0.39 is 17.4 Å². The molecule has 0 fully saturated rings. The molecule has 7 nitrogen and oxygen atoms in total. The van der Waals surface area contributed by atoms with E-state index >= 15 is 0 Å². The monoisotopic (exact) mass is 332 g/mol. The summed E-state index contributed by atoms with van der Waals surface area (Å²) in [5.41, 5.74) is -0.844. The highest BCUT2D eigenvalue weighted by atomic mass is 32.1. The van der Waals surface area contributed by atoms with Crippen LogP contribution < -0.4 is 5.32 Å². The molecule has 0 spiro atoms. The lowest BCUT2D eigenvalue weighted by atomic mass is 9.87. The van der Waals surface area contributed by atoms with Gasteiger partial charge >= 0.3 is 0 Å². The van der Waals surface area contributed by atoms with E-state index in [1.807, 2.05) is 0 Å². The number of hydrogen-bond acceptors (Lipinski definition) is 6. The number of aliphatic hydroxyl groups excluding tert-OH is 3. The van der Waals surface area contributed by atoms with E-state index in [2.05, 4.69) is 17.5 Å². The molecule has 0 aliphatic rings. The van der Waals surface area contributed by atoms with E-state index in [4.69, 9.17) is 15.4 Å². The first-order valence-electron chi connectivity index (χ1n) is 6.80. The number of rotatable bonds is 6. The molecule has 5 N–H and O–H groups in total. The second kappa shape index (κ2) is 10.3. The maximum atomic E-state index is 11.3. The van der Waals surface area contributed by atoms with Gasteiger partial charge in [-0.2, -0.15) is 4.73 Å². The normalized spacial score (nSPS) is 12.0. The predicted octanol–water partition coefficient (Wildman–Crippen LogP) is 0.319. The van der Waals surface area contributed by atoms with Crippen LogP contribution in [0.2, 0.25) is 0 Å². The molecule has 1 atom stereocenters. The van der Waals surface area contributed by atoms with Crippen molar-refractivity contribution in [3.8, 4) is 0 Å². The Bertz CT molecular complexity index is 504. The maximum absolute atomic E-state index is 11.3. The molecule has 1 aromatic rings. The van der Waals surface area contributed by atoms with Crippen molar-refractivity contribution in [2.45, 2.75) is 26.4 Å². The molecular formula is C14H24N2O5S. The zero-order chi connectivity index (χ0) is 17.2. The third kappa shape index (κ3) is 7.51. The van der Waals surface area contributed by atoms with Crippen molar-refractivity contribution in [1.29, 1.82) is 0 Å². The molecule has 0 radical (unpaired) electrons. The number of hydrogen-bond donors (Lipinski definition) is 5. The van der Waals surface area contributed by atoms with Crippen LogP contribution in [0.1, 0.15) is 20.3 Å². The van der Waals surface area contributed by atoms with Gasteiger partial charge in [0.15, 0.2) is 0 Å². The summed E-state index contributed by atoms with van der Waals surface area (Å²) >= 11 is 4.67. The molecule has 1 rings (SSSR count). The van der Waals surface area contributed by atoms with Gasteiger partial charge in [0.1, 0.15) is 10.7 Å². The van der Waals surface area contributed by atoms with Crippen LogP contribution in [-0.2, 0) is 4.79 Å². The Morgan fingerprint density at radius 1 is 1.41 bits per heavy atom. The standard InChI is InChI=1S/C9H19NO4.C5H5NOS/c1-9(2,6-12)7(13)8(14)10-4-3-5-11;7-6-4-2-1-3-5(6)8/h7,11-13H,3-6H2,1-2H3,(H,10,14);1-4,7H. The molecular weight excluding hydrogens is 308 g/mol. The van der Waals surface area contributed by atoms with Gasteiger partial charge in [-0.15, -0.1) is 0 Å². The molecule has 0 saturated carbocycles. The SMILES string of the molecule is CC(C)(CO)C(O)C(=O)NCCCO.On1ccccc1=S. The lowest BCUT2D eigenvalue weighted by Crippen LogP contribution is -2.45. The van der Waals surface area contributed by atoms with Crippen LogP contribution in [0.15, 0.2) is 24.4 Å². The van der Waals surface area contributed by atoms with Crippen LogP contribution in [0.25, 0.3) is 0 Å². The number of nitrogens with one attached hydrogen (secondary N) is 1. The summed E-state index contributed by atoms with van der Waals surface area (Å²) in [6.45, 7) is 3.27. The quantitative estimate of drug-likeness (QED) is 0.291. The fraction of sp³-hybridized carbons (Fsp3) is 0.571. The number of nitrogens with zero attached hydrogens (tertiary/aromatic N) is 1. The van der Waals surface area contributed by atoms with E-state index in [0.717, 1.165) is 4.73 Å². The minimum Gasteiger partial charge on any atom is -0.428 e. The lowest BCUT2D eigenvalue weighted by molar-refractivity contribution is -0.137. The predicted molar refractivity (Wildman–Crippen MR) is 84.0 cm³/mol. The number of carbonyl (C=O) groups is 1. The minimum absolute atomic E-state index is 0.000230. The minimum atomic E-state index is -1.23. The topological polar surface area (TPSA) is 115 Å². The second-order valence-electron chi connectivity index (χ2n) is 5.30. The van der Waals surface area contributed by atoms with E-state index in [1.54, 1.807) is 32.0 Å². The molecule has 22 heavy (non-hydrogen) atoms. The number of pyridine rings is 1. The summed E-state index contributed by atoms with van der Waals surface area (Å²) in [6, 6.07) is 5.13. The number of carbonyl (C=O) groups excluding carboxylic acids is 1. The van der Waals surface area contributed by atoms with Crippen LogP contribution in [0.4, 0.5) is 0 Å². The van der Waals surface area contributed by atoms with E-state index in [0.29, 0.717) is 17.6 Å². The third-order valence-electron chi connectivity index (χ3n) is 2.83. The molecule has 1 aromatic heterocycles. The Kier molecular flexibility index (Phi) is 9.59. The van der Waals surface area contributed by atoms with Crippen LogP contribution in [-0.4, -0.2) is 57.0 Å². The Balaban J connectivity index is 0.000000461. The number of amides is 1. The van der Waals surface area contributed by atoms with Gasteiger partial charge in [-0.25, -0.2) is 0 Å². The summed E-state index contributed by atoms with van der Waals surface area (Å²) in [5, 5.41) is 38.1. The van der Waals surface area contributed by atoms with Crippen molar-refractivity contribution in [3.63, 3.8) is 0 Å². The summed E-state index contributed by atoms with van der Waals surface area (Å²) in [5.74, 6) is -0.516. The second-order valence-corrected chi connectivity index (χ2v) is 5.72. The van der Waals surface area contributed by atoms with E-state index in [-0.39, 0.29) is 13.2 Å². The van der Waals surface area contributed by atoms with Crippen LogP contribution in [0.3, 0.4) is 0 Å². The summed E-state index contributed by atoms with van der Waals surface area (Å²) < 4.78 is 1.32. The average molecular weight is 332 g/mol. The molecule has 8 heteroatoms. The largest absolute Gasteiger partial charge is 0.428 e. The summed E-state index contributed by atoms with van der Waals surface area (Å²) in [7, 11) is 0. The molecule has 0 aromatic carbocycles. The van der Waals surface area contributed by atoms with Gasteiger partial charge in [0.25, 0.3) is 0 Å². The van der Waals surface area contributed by atoms with Gasteiger partial charge in [0, 0.05) is 24.8 Å². The molecule has 1 unspecified atom stereocenters. The molecule has 0 aliphatic carbocycles. The smallest absolute Gasteiger partial charge is 0.249 e. The van der Waals surface area contributed by atoms with Gasteiger partial charge < -0.3 is 25.8 Å². The number of aromatic nitrogens is 1. The molecule has 0 bridgehead atoms. The first kappa shape index (κ1) is 20.5. The first-order chi connectivity index (χ1) is 10.3.